The summed E-state index contributed by atoms with van der Waals surface area (Å²) in [4.78, 5) is 12.9. The van der Waals surface area contributed by atoms with Crippen molar-refractivity contribution in [2.24, 2.45) is 4.99 Å². The molecule has 7 nitrogen and oxygen atoms in total. The van der Waals surface area contributed by atoms with Gasteiger partial charge in [-0.1, -0.05) is 6.07 Å². The van der Waals surface area contributed by atoms with Crippen LogP contribution in [0.4, 0.5) is 10.1 Å². The first-order valence-corrected chi connectivity index (χ1v) is 10.0. The van der Waals surface area contributed by atoms with E-state index in [9.17, 15) is 4.39 Å². The largest absolute Gasteiger partial charge is 0.370 e. The van der Waals surface area contributed by atoms with Gasteiger partial charge in [-0.05, 0) is 44.4 Å². The molecule has 1 aliphatic rings. The molecule has 2 aromatic rings. The van der Waals surface area contributed by atoms with E-state index in [-0.39, 0.29) is 5.82 Å². The van der Waals surface area contributed by atoms with Crippen molar-refractivity contribution in [1.29, 1.82) is 0 Å². The van der Waals surface area contributed by atoms with Crippen LogP contribution in [0.25, 0.3) is 0 Å². The van der Waals surface area contributed by atoms with Gasteiger partial charge in [-0.3, -0.25) is 10.1 Å². The fourth-order valence-electron chi connectivity index (χ4n) is 3.77. The third-order valence-electron chi connectivity index (χ3n) is 5.39. The summed E-state index contributed by atoms with van der Waals surface area (Å²) in [6.07, 6.45) is 3.57. The smallest absolute Gasteiger partial charge is 0.193 e. The minimum Gasteiger partial charge on any atom is -0.370 e. The van der Waals surface area contributed by atoms with E-state index in [4.69, 9.17) is 0 Å². The molecule has 8 heteroatoms. The molecule has 2 heterocycles. The van der Waals surface area contributed by atoms with Crippen LogP contribution in [-0.2, 0) is 6.54 Å². The second-order valence-electron chi connectivity index (χ2n) is 6.99. The molecule has 0 saturated carbocycles. The van der Waals surface area contributed by atoms with E-state index in [1.807, 2.05) is 30.9 Å². The van der Waals surface area contributed by atoms with Crippen LogP contribution in [0.3, 0.4) is 0 Å². The number of H-pyrrole nitrogens is 1. The number of likely N-dealkylation sites (tertiary alicyclic amines) is 1. The standard InChI is InChI=1S/C20H30FN7/c1-4-27(5-2)18-7-6-15(12-17(18)21)13-23-20(22-3)28-10-8-16(9-11-28)19-24-14-25-26-19/h6-7,12,14,16H,4-5,8-11,13H2,1-3H3,(H,22,23)(H,24,25,26). The van der Waals surface area contributed by atoms with Gasteiger partial charge in [0, 0.05) is 45.7 Å². The van der Waals surface area contributed by atoms with E-state index in [0.29, 0.717) is 18.2 Å². The Hall–Kier alpha value is -2.64. The zero-order valence-electron chi connectivity index (χ0n) is 17.0. The van der Waals surface area contributed by atoms with E-state index in [2.05, 4.69) is 30.4 Å². The van der Waals surface area contributed by atoms with Crippen molar-refractivity contribution >= 4 is 11.6 Å². The van der Waals surface area contributed by atoms with Crippen molar-refractivity contribution in [3.63, 3.8) is 0 Å². The molecule has 0 amide bonds. The summed E-state index contributed by atoms with van der Waals surface area (Å²) in [6, 6.07) is 5.46. The summed E-state index contributed by atoms with van der Waals surface area (Å²) in [5.74, 6) is 2.06. The first-order chi connectivity index (χ1) is 13.7. The minimum atomic E-state index is -0.175. The molecule has 0 atom stereocenters. The van der Waals surface area contributed by atoms with Crippen LogP contribution in [0.15, 0.2) is 29.5 Å². The topological polar surface area (TPSA) is 72.4 Å². The van der Waals surface area contributed by atoms with Crippen LogP contribution in [0.5, 0.6) is 0 Å². The number of nitrogens with zero attached hydrogens (tertiary/aromatic N) is 5. The molecule has 0 aliphatic carbocycles. The maximum Gasteiger partial charge on any atom is 0.193 e. The van der Waals surface area contributed by atoms with Crippen LogP contribution < -0.4 is 10.2 Å². The molecule has 0 radical (unpaired) electrons. The van der Waals surface area contributed by atoms with Crippen molar-refractivity contribution in [1.82, 2.24) is 25.4 Å². The first kappa shape index (κ1) is 20.1. The average molecular weight is 388 g/mol. The number of aromatic nitrogens is 3. The average Bonchev–Trinajstić information content (AvgIpc) is 3.26. The Labute approximate surface area is 166 Å². The zero-order chi connectivity index (χ0) is 19.9. The summed E-state index contributed by atoms with van der Waals surface area (Å²) in [6.45, 7) is 8.01. The molecule has 0 unspecified atom stereocenters. The maximum absolute atomic E-state index is 14.5. The highest BCUT2D eigenvalue weighted by atomic mass is 19.1. The number of piperidine rings is 1. The SMILES string of the molecule is CCN(CC)c1ccc(CNC(=NC)N2CCC(c3ncn[nH]3)CC2)cc1F. The van der Waals surface area contributed by atoms with Gasteiger partial charge in [0.05, 0.1) is 5.69 Å². The number of aromatic amines is 1. The molecule has 0 bridgehead atoms. The molecule has 2 N–H and O–H groups in total. The molecule has 1 aromatic heterocycles. The predicted molar refractivity (Wildman–Crippen MR) is 110 cm³/mol. The summed E-state index contributed by atoms with van der Waals surface area (Å²) < 4.78 is 14.5. The molecule has 28 heavy (non-hydrogen) atoms. The van der Waals surface area contributed by atoms with Crippen molar-refractivity contribution in [2.45, 2.75) is 39.2 Å². The van der Waals surface area contributed by atoms with Gasteiger partial charge in [0.15, 0.2) is 5.96 Å². The molecule has 152 valence electrons. The Morgan fingerprint density at radius 3 is 2.64 bits per heavy atom. The van der Waals surface area contributed by atoms with Gasteiger partial charge in [0.25, 0.3) is 0 Å². The van der Waals surface area contributed by atoms with Gasteiger partial charge in [0.2, 0.25) is 0 Å². The van der Waals surface area contributed by atoms with Gasteiger partial charge in [0.1, 0.15) is 18.0 Å². The van der Waals surface area contributed by atoms with Crippen LogP contribution in [-0.4, -0.2) is 59.3 Å². The lowest BCUT2D eigenvalue weighted by atomic mass is 9.96. The molecular formula is C20H30FN7. The van der Waals surface area contributed by atoms with Crippen molar-refractivity contribution in [3.05, 3.63) is 41.7 Å². The first-order valence-electron chi connectivity index (χ1n) is 10.0. The molecule has 3 rings (SSSR count). The lowest BCUT2D eigenvalue weighted by Crippen LogP contribution is -2.45. The Kier molecular flexibility index (Phi) is 6.84. The second-order valence-corrected chi connectivity index (χ2v) is 6.99. The van der Waals surface area contributed by atoms with Crippen molar-refractivity contribution in [2.75, 3.05) is 38.1 Å². The van der Waals surface area contributed by atoms with Crippen molar-refractivity contribution in [3.8, 4) is 0 Å². The second kappa shape index (κ2) is 9.52. The number of benzene rings is 1. The van der Waals surface area contributed by atoms with E-state index in [1.54, 1.807) is 19.4 Å². The van der Waals surface area contributed by atoms with Crippen LogP contribution in [0, 0.1) is 5.82 Å². The molecule has 1 aromatic carbocycles. The fraction of sp³-hybridized carbons (Fsp3) is 0.550. The maximum atomic E-state index is 14.5. The number of hydrogen-bond acceptors (Lipinski definition) is 4. The van der Waals surface area contributed by atoms with Crippen LogP contribution in [0.2, 0.25) is 0 Å². The summed E-state index contributed by atoms with van der Waals surface area (Å²) >= 11 is 0. The number of hydrogen-bond donors (Lipinski definition) is 2. The van der Waals surface area contributed by atoms with E-state index in [0.717, 1.165) is 56.4 Å². The predicted octanol–water partition coefficient (Wildman–Crippen LogP) is 2.75. The zero-order valence-corrected chi connectivity index (χ0v) is 17.0. The molecule has 1 fully saturated rings. The summed E-state index contributed by atoms with van der Waals surface area (Å²) in [5, 5.41) is 10.3. The number of guanidine groups is 1. The number of anilines is 1. The molecule has 0 spiro atoms. The van der Waals surface area contributed by atoms with Gasteiger partial charge >= 0.3 is 0 Å². The summed E-state index contributed by atoms with van der Waals surface area (Å²) in [7, 11) is 1.79. The number of aliphatic imine (C=N–C) groups is 1. The summed E-state index contributed by atoms with van der Waals surface area (Å²) in [5.41, 5.74) is 1.57. The normalized spacial score (nSPS) is 15.7. The van der Waals surface area contributed by atoms with Gasteiger partial charge in [-0.25, -0.2) is 9.37 Å². The molecule has 1 saturated heterocycles. The number of halogens is 1. The lowest BCUT2D eigenvalue weighted by molar-refractivity contribution is 0.298. The van der Waals surface area contributed by atoms with Gasteiger partial charge in [-0.15, -0.1) is 0 Å². The third kappa shape index (κ3) is 4.61. The van der Waals surface area contributed by atoms with Crippen LogP contribution >= 0.6 is 0 Å². The van der Waals surface area contributed by atoms with Gasteiger partial charge in [-0.2, -0.15) is 5.10 Å². The highest BCUT2D eigenvalue weighted by Gasteiger charge is 2.24. The molecule has 1 aliphatic heterocycles. The molecular weight excluding hydrogens is 357 g/mol. The Balaban J connectivity index is 1.55. The Morgan fingerprint density at radius 2 is 2.07 bits per heavy atom. The minimum absolute atomic E-state index is 0.175. The number of nitrogens with one attached hydrogen (secondary N) is 2. The third-order valence-corrected chi connectivity index (χ3v) is 5.39. The van der Waals surface area contributed by atoms with E-state index >= 15 is 0 Å². The Morgan fingerprint density at radius 1 is 1.32 bits per heavy atom. The van der Waals surface area contributed by atoms with E-state index in [1.165, 1.54) is 0 Å². The monoisotopic (exact) mass is 387 g/mol. The lowest BCUT2D eigenvalue weighted by Gasteiger charge is -2.33. The Bertz CT molecular complexity index is 763. The van der Waals surface area contributed by atoms with Crippen molar-refractivity contribution < 1.29 is 4.39 Å². The van der Waals surface area contributed by atoms with Gasteiger partial charge < -0.3 is 15.1 Å². The van der Waals surface area contributed by atoms with Crippen LogP contribution in [0.1, 0.15) is 44.0 Å². The fourth-order valence-corrected chi connectivity index (χ4v) is 3.77. The highest BCUT2D eigenvalue weighted by molar-refractivity contribution is 5.80. The van der Waals surface area contributed by atoms with E-state index < -0.39 is 0 Å². The highest BCUT2D eigenvalue weighted by Crippen LogP contribution is 2.25. The number of rotatable bonds is 6. The quantitative estimate of drug-likeness (QED) is 0.589.